The molecule has 114 valence electrons. The van der Waals surface area contributed by atoms with Gasteiger partial charge in [0.1, 0.15) is 13.2 Å². The lowest BCUT2D eigenvalue weighted by atomic mass is 10.2. The number of carbonyl (C=O) groups excluding carboxylic acids is 2. The molecule has 3 rings (SSSR count). The number of rotatable bonds is 2. The second kappa shape index (κ2) is 6.25. The fraction of sp³-hybridized carbons (Fsp3) is 0.143. The van der Waals surface area contributed by atoms with Gasteiger partial charge >= 0.3 is 0 Å². The van der Waals surface area contributed by atoms with Crippen molar-refractivity contribution < 1.29 is 19.1 Å². The zero-order valence-corrected chi connectivity index (χ0v) is 12.8. The third-order valence-corrected chi connectivity index (χ3v) is 4.12. The van der Waals surface area contributed by atoms with E-state index in [1.807, 2.05) is 0 Å². The quantitative estimate of drug-likeness (QED) is 0.823. The first-order valence-corrected chi connectivity index (χ1v) is 7.58. The highest BCUT2D eigenvalue weighted by atomic mass is 35.5. The van der Waals surface area contributed by atoms with Crippen molar-refractivity contribution in [2.75, 3.05) is 13.2 Å². The minimum atomic E-state index is -0.451. The number of carbonyl (C=O) groups is 2. The zero-order valence-electron chi connectivity index (χ0n) is 11.2. The van der Waals surface area contributed by atoms with E-state index in [2.05, 4.69) is 10.9 Å². The maximum atomic E-state index is 12.0. The highest BCUT2D eigenvalue weighted by Crippen LogP contribution is 2.30. The summed E-state index contributed by atoms with van der Waals surface area (Å²) in [5.74, 6) is 0.228. The summed E-state index contributed by atoms with van der Waals surface area (Å²) >= 11 is 6.88. The number of hydrazine groups is 1. The van der Waals surface area contributed by atoms with Gasteiger partial charge in [0.05, 0.1) is 9.21 Å². The Balaban J connectivity index is 1.63. The van der Waals surface area contributed by atoms with Crippen molar-refractivity contribution in [1.29, 1.82) is 0 Å². The molecule has 0 atom stereocenters. The Bertz CT molecular complexity index is 731. The first kappa shape index (κ1) is 14.7. The summed E-state index contributed by atoms with van der Waals surface area (Å²) in [4.78, 5) is 24.2. The van der Waals surface area contributed by atoms with Crippen molar-refractivity contribution in [2.24, 2.45) is 0 Å². The Hall–Kier alpha value is -2.25. The summed E-state index contributed by atoms with van der Waals surface area (Å²) < 4.78 is 11.3. The van der Waals surface area contributed by atoms with E-state index in [1.165, 1.54) is 0 Å². The van der Waals surface area contributed by atoms with Crippen LogP contribution < -0.4 is 20.3 Å². The molecule has 0 saturated heterocycles. The van der Waals surface area contributed by atoms with E-state index < -0.39 is 11.8 Å². The maximum Gasteiger partial charge on any atom is 0.279 e. The van der Waals surface area contributed by atoms with Crippen molar-refractivity contribution in [1.82, 2.24) is 10.9 Å². The summed E-state index contributed by atoms with van der Waals surface area (Å²) in [5, 5.41) is 0. The van der Waals surface area contributed by atoms with E-state index in [0.29, 0.717) is 39.5 Å². The molecule has 2 heterocycles. The third kappa shape index (κ3) is 3.15. The predicted octanol–water partition coefficient (Wildman–Crippen LogP) is 2.25. The van der Waals surface area contributed by atoms with Crippen LogP contribution in [0.25, 0.3) is 0 Å². The highest BCUT2D eigenvalue weighted by molar-refractivity contribution is 7.17. The molecule has 6 nitrogen and oxygen atoms in total. The van der Waals surface area contributed by atoms with E-state index in [-0.39, 0.29) is 0 Å². The lowest BCUT2D eigenvalue weighted by Gasteiger charge is -2.18. The third-order valence-electron chi connectivity index (χ3n) is 2.89. The number of amides is 2. The van der Waals surface area contributed by atoms with Gasteiger partial charge < -0.3 is 9.47 Å². The number of benzene rings is 1. The van der Waals surface area contributed by atoms with Gasteiger partial charge in [-0.1, -0.05) is 11.6 Å². The molecule has 22 heavy (non-hydrogen) atoms. The molecule has 0 unspecified atom stereocenters. The fourth-order valence-corrected chi connectivity index (χ4v) is 2.81. The molecule has 1 aromatic carbocycles. The van der Waals surface area contributed by atoms with Gasteiger partial charge in [0.15, 0.2) is 11.5 Å². The molecular weight excluding hydrogens is 328 g/mol. The summed E-state index contributed by atoms with van der Waals surface area (Å²) in [6, 6.07) is 8.02. The van der Waals surface area contributed by atoms with E-state index in [4.69, 9.17) is 21.1 Å². The van der Waals surface area contributed by atoms with Crippen LogP contribution in [-0.2, 0) is 0 Å². The molecule has 0 radical (unpaired) electrons. The lowest BCUT2D eigenvalue weighted by molar-refractivity contribution is 0.0848. The molecule has 0 saturated carbocycles. The van der Waals surface area contributed by atoms with E-state index in [9.17, 15) is 9.59 Å². The summed E-state index contributed by atoms with van der Waals surface area (Å²) in [6.45, 7) is 0.923. The average Bonchev–Trinajstić information content (AvgIpc) is 2.98. The molecular formula is C14H11ClN2O4S. The zero-order chi connectivity index (χ0) is 15.5. The molecule has 1 aliphatic heterocycles. The number of hydrogen-bond donors (Lipinski definition) is 2. The van der Waals surface area contributed by atoms with Crippen LogP contribution in [0, 0.1) is 0 Å². The van der Waals surface area contributed by atoms with Crippen molar-refractivity contribution in [2.45, 2.75) is 0 Å². The van der Waals surface area contributed by atoms with Crippen LogP contribution in [0.1, 0.15) is 20.0 Å². The molecule has 0 spiro atoms. The van der Waals surface area contributed by atoms with E-state index in [0.717, 1.165) is 11.3 Å². The first-order chi connectivity index (χ1) is 10.6. The second-order valence-electron chi connectivity index (χ2n) is 4.37. The molecule has 0 bridgehead atoms. The van der Waals surface area contributed by atoms with Crippen LogP contribution in [0.5, 0.6) is 11.5 Å². The first-order valence-electron chi connectivity index (χ1n) is 6.39. The van der Waals surface area contributed by atoms with Gasteiger partial charge in [-0.15, -0.1) is 11.3 Å². The largest absolute Gasteiger partial charge is 0.486 e. The monoisotopic (exact) mass is 338 g/mol. The Morgan fingerprint density at radius 3 is 2.45 bits per heavy atom. The van der Waals surface area contributed by atoms with Crippen molar-refractivity contribution >= 4 is 34.8 Å². The number of hydrogen-bond acceptors (Lipinski definition) is 5. The maximum absolute atomic E-state index is 12.0. The van der Waals surface area contributed by atoms with Crippen LogP contribution in [0.15, 0.2) is 30.3 Å². The minimum Gasteiger partial charge on any atom is -0.486 e. The minimum absolute atomic E-state index is 0.355. The Labute approximate surface area is 135 Å². The molecule has 2 N–H and O–H groups in total. The van der Waals surface area contributed by atoms with E-state index in [1.54, 1.807) is 30.3 Å². The van der Waals surface area contributed by atoms with Gasteiger partial charge in [0, 0.05) is 5.56 Å². The van der Waals surface area contributed by atoms with Crippen LogP contribution in [0.4, 0.5) is 0 Å². The topological polar surface area (TPSA) is 76.7 Å². The van der Waals surface area contributed by atoms with Gasteiger partial charge in [-0.2, -0.15) is 0 Å². The smallest absolute Gasteiger partial charge is 0.279 e. The van der Waals surface area contributed by atoms with Crippen molar-refractivity contribution in [3.63, 3.8) is 0 Å². The van der Waals surface area contributed by atoms with Gasteiger partial charge in [-0.25, -0.2) is 0 Å². The SMILES string of the molecule is O=C(NNC(=O)c1ccc(Cl)s1)c1ccc2c(c1)OCCO2. The Morgan fingerprint density at radius 1 is 1.00 bits per heavy atom. The Morgan fingerprint density at radius 2 is 1.73 bits per heavy atom. The van der Waals surface area contributed by atoms with Gasteiger partial charge in [-0.05, 0) is 30.3 Å². The van der Waals surface area contributed by atoms with Gasteiger partial charge in [-0.3, -0.25) is 20.4 Å². The summed E-state index contributed by atoms with van der Waals surface area (Å²) in [7, 11) is 0. The molecule has 2 aromatic rings. The van der Waals surface area contributed by atoms with Gasteiger partial charge in [0.25, 0.3) is 11.8 Å². The number of ether oxygens (including phenoxy) is 2. The molecule has 1 aliphatic rings. The molecule has 8 heteroatoms. The predicted molar refractivity (Wildman–Crippen MR) is 81.7 cm³/mol. The molecule has 2 amide bonds. The molecule has 1 aromatic heterocycles. The van der Waals surface area contributed by atoms with Crippen LogP contribution >= 0.6 is 22.9 Å². The van der Waals surface area contributed by atoms with Crippen molar-refractivity contribution in [3.8, 4) is 11.5 Å². The summed E-state index contributed by atoms with van der Waals surface area (Å²) in [6.07, 6.45) is 0. The van der Waals surface area contributed by atoms with Crippen LogP contribution in [0.2, 0.25) is 4.34 Å². The highest BCUT2D eigenvalue weighted by Gasteiger charge is 2.16. The second-order valence-corrected chi connectivity index (χ2v) is 6.09. The van der Waals surface area contributed by atoms with Crippen LogP contribution in [0.3, 0.4) is 0 Å². The van der Waals surface area contributed by atoms with Gasteiger partial charge in [0.2, 0.25) is 0 Å². The number of nitrogens with one attached hydrogen (secondary N) is 2. The molecule has 0 aliphatic carbocycles. The van der Waals surface area contributed by atoms with Crippen LogP contribution in [-0.4, -0.2) is 25.0 Å². The van der Waals surface area contributed by atoms with E-state index >= 15 is 0 Å². The fourth-order valence-electron chi connectivity index (χ4n) is 1.87. The summed E-state index contributed by atoms with van der Waals surface area (Å²) in [5.41, 5.74) is 5.03. The lowest BCUT2D eigenvalue weighted by Crippen LogP contribution is -2.41. The Kier molecular flexibility index (Phi) is 4.17. The molecule has 0 fully saturated rings. The average molecular weight is 339 g/mol. The normalized spacial score (nSPS) is 12.6. The van der Waals surface area contributed by atoms with Crippen molar-refractivity contribution in [3.05, 3.63) is 45.1 Å². The number of halogens is 1. The number of thiophene rings is 1. The standard InChI is InChI=1S/C14H11ClN2O4S/c15-12-4-3-11(22-12)14(19)17-16-13(18)8-1-2-9-10(7-8)21-6-5-20-9/h1-4,7H,5-6H2,(H,16,18)(H,17,19). The number of fused-ring (bicyclic) bond motifs is 1.